The molecule has 0 heterocycles. The molecule has 0 aliphatic heterocycles. The molecule has 0 N–H and O–H groups in total. The smallest absolute Gasteiger partial charge is 0.162 e. The molecule has 2 aliphatic rings. The van der Waals surface area contributed by atoms with Gasteiger partial charge in [-0.25, -0.2) is 8.78 Å². The molecule has 0 unspecified atom stereocenters. The van der Waals surface area contributed by atoms with Crippen molar-refractivity contribution in [2.45, 2.75) is 95.8 Å². The van der Waals surface area contributed by atoms with Crippen LogP contribution < -0.4 is 0 Å². The van der Waals surface area contributed by atoms with Gasteiger partial charge in [0.1, 0.15) is 0 Å². The zero-order valence-electron chi connectivity index (χ0n) is 15.8. The highest BCUT2D eigenvalue weighted by atomic mass is 19.2. The summed E-state index contributed by atoms with van der Waals surface area (Å²) in [6.07, 6.45) is 15.6. The summed E-state index contributed by atoms with van der Waals surface area (Å²) in [6.45, 7) is 2.22. The zero-order valence-corrected chi connectivity index (χ0v) is 15.8. The van der Waals surface area contributed by atoms with Gasteiger partial charge in [0.2, 0.25) is 0 Å². The third-order valence-electron chi connectivity index (χ3n) is 7.06. The summed E-state index contributed by atoms with van der Waals surface area (Å²) in [7, 11) is 0. The van der Waals surface area contributed by atoms with Gasteiger partial charge in [-0.3, -0.25) is 0 Å². The topological polar surface area (TPSA) is 0 Å². The van der Waals surface area contributed by atoms with Crippen molar-refractivity contribution in [1.29, 1.82) is 0 Å². The Hall–Kier alpha value is -0.920. The highest BCUT2D eigenvalue weighted by molar-refractivity contribution is 5.31. The molecule has 0 aromatic heterocycles. The molecule has 25 heavy (non-hydrogen) atoms. The van der Waals surface area contributed by atoms with Crippen molar-refractivity contribution in [2.75, 3.05) is 0 Å². The van der Waals surface area contributed by atoms with Crippen LogP contribution in [0.3, 0.4) is 0 Å². The van der Waals surface area contributed by atoms with E-state index >= 15 is 4.39 Å². The predicted molar refractivity (Wildman–Crippen MR) is 101 cm³/mol. The summed E-state index contributed by atoms with van der Waals surface area (Å²) >= 11 is 0. The normalized spacial score (nSPS) is 20.8. The van der Waals surface area contributed by atoms with Crippen molar-refractivity contribution in [2.24, 2.45) is 11.8 Å². The quantitative estimate of drug-likeness (QED) is 0.498. The van der Waals surface area contributed by atoms with Crippen LogP contribution in [0.2, 0.25) is 0 Å². The second kappa shape index (κ2) is 8.64. The van der Waals surface area contributed by atoms with Gasteiger partial charge in [-0.1, -0.05) is 70.4 Å². The molecule has 2 saturated carbocycles. The molecule has 0 bridgehead atoms. The standard InChI is InChI=1S/C23H34F2/c1-2-3-17-23(18-11-6-4-7-12-18,19-13-8-5-9-14-19)20-15-10-16-21(24)22(20)25/h10,15-16,18-19H,2-9,11-14,17H2,1H3. The van der Waals surface area contributed by atoms with Crippen LogP contribution in [0.4, 0.5) is 8.78 Å². The van der Waals surface area contributed by atoms with Crippen molar-refractivity contribution in [3.63, 3.8) is 0 Å². The lowest BCUT2D eigenvalue weighted by molar-refractivity contribution is 0.0831. The van der Waals surface area contributed by atoms with Gasteiger partial charge < -0.3 is 0 Å². The first-order valence-corrected chi connectivity index (χ1v) is 10.6. The molecule has 0 radical (unpaired) electrons. The second-order valence-electron chi connectivity index (χ2n) is 8.42. The fraction of sp³-hybridized carbons (Fsp3) is 0.739. The maximum absolute atomic E-state index is 15.1. The monoisotopic (exact) mass is 348 g/mol. The number of rotatable bonds is 6. The summed E-state index contributed by atoms with van der Waals surface area (Å²) in [5, 5.41) is 0. The van der Waals surface area contributed by atoms with E-state index in [-0.39, 0.29) is 5.41 Å². The minimum absolute atomic E-state index is 0.150. The largest absolute Gasteiger partial charge is 0.204 e. The number of benzene rings is 1. The second-order valence-corrected chi connectivity index (χ2v) is 8.42. The van der Waals surface area contributed by atoms with E-state index in [0.29, 0.717) is 17.4 Å². The van der Waals surface area contributed by atoms with E-state index in [0.717, 1.165) is 19.3 Å². The van der Waals surface area contributed by atoms with Gasteiger partial charge in [0.05, 0.1) is 0 Å². The Bertz CT molecular complexity index is 521. The minimum Gasteiger partial charge on any atom is -0.204 e. The van der Waals surface area contributed by atoms with E-state index in [1.165, 1.54) is 70.3 Å². The number of unbranched alkanes of at least 4 members (excludes halogenated alkanes) is 1. The summed E-state index contributed by atoms with van der Waals surface area (Å²) in [5.74, 6) is -0.181. The first-order chi connectivity index (χ1) is 12.2. The molecule has 1 aromatic rings. The third-order valence-corrected chi connectivity index (χ3v) is 7.06. The number of hydrogen-bond acceptors (Lipinski definition) is 0. The van der Waals surface area contributed by atoms with Gasteiger partial charge in [-0.15, -0.1) is 0 Å². The highest BCUT2D eigenvalue weighted by Gasteiger charge is 2.47. The Morgan fingerprint density at radius 3 is 1.96 bits per heavy atom. The van der Waals surface area contributed by atoms with Crippen LogP contribution in [-0.2, 0) is 5.41 Å². The van der Waals surface area contributed by atoms with Gasteiger partial charge >= 0.3 is 0 Å². The highest BCUT2D eigenvalue weighted by Crippen LogP contribution is 2.54. The maximum atomic E-state index is 15.1. The van der Waals surface area contributed by atoms with Crippen LogP contribution in [0.15, 0.2) is 18.2 Å². The first-order valence-electron chi connectivity index (χ1n) is 10.6. The van der Waals surface area contributed by atoms with Crippen LogP contribution in [-0.4, -0.2) is 0 Å². The van der Waals surface area contributed by atoms with Crippen LogP contribution in [0.1, 0.15) is 96.0 Å². The lowest BCUT2D eigenvalue weighted by Crippen LogP contribution is -2.45. The lowest BCUT2D eigenvalue weighted by atomic mass is 9.54. The fourth-order valence-electron chi connectivity index (χ4n) is 5.88. The average molecular weight is 349 g/mol. The Morgan fingerprint density at radius 1 is 0.880 bits per heavy atom. The lowest BCUT2D eigenvalue weighted by Gasteiger charge is -2.50. The molecular weight excluding hydrogens is 314 g/mol. The molecule has 0 spiro atoms. The van der Waals surface area contributed by atoms with Crippen molar-refractivity contribution in [3.05, 3.63) is 35.4 Å². The first kappa shape index (κ1) is 18.9. The SMILES string of the molecule is CCCCC(c1cccc(F)c1F)(C1CCCCC1)C1CCCCC1. The minimum atomic E-state index is -0.662. The van der Waals surface area contributed by atoms with E-state index in [4.69, 9.17) is 0 Å². The zero-order chi connectivity index (χ0) is 17.7. The summed E-state index contributed by atoms with van der Waals surface area (Å²) in [5.41, 5.74) is 0.558. The van der Waals surface area contributed by atoms with Crippen molar-refractivity contribution >= 4 is 0 Å². The molecule has 0 amide bonds. The van der Waals surface area contributed by atoms with Gasteiger partial charge in [0, 0.05) is 5.41 Å². The van der Waals surface area contributed by atoms with Crippen LogP contribution >= 0.6 is 0 Å². The van der Waals surface area contributed by atoms with Gasteiger partial charge in [-0.2, -0.15) is 0 Å². The summed E-state index contributed by atoms with van der Waals surface area (Å²) < 4.78 is 29.2. The van der Waals surface area contributed by atoms with E-state index in [9.17, 15) is 4.39 Å². The predicted octanol–water partition coefficient (Wildman–Crippen LogP) is 7.55. The molecular formula is C23H34F2. The van der Waals surface area contributed by atoms with Crippen LogP contribution in [0.5, 0.6) is 0 Å². The number of hydrogen-bond donors (Lipinski definition) is 0. The van der Waals surface area contributed by atoms with Crippen molar-refractivity contribution < 1.29 is 8.78 Å². The third kappa shape index (κ3) is 3.78. The molecule has 2 aliphatic carbocycles. The van der Waals surface area contributed by atoms with Gasteiger partial charge in [-0.05, 0) is 55.6 Å². The van der Waals surface area contributed by atoms with E-state index in [1.54, 1.807) is 6.07 Å². The molecule has 2 heteroatoms. The summed E-state index contributed by atoms with van der Waals surface area (Å²) in [4.78, 5) is 0. The van der Waals surface area contributed by atoms with Crippen LogP contribution in [0, 0.1) is 23.5 Å². The molecule has 1 aromatic carbocycles. The van der Waals surface area contributed by atoms with Gasteiger partial charge in [0.15, 0.2) is 11.6 Å². The molecule has 140 valence electrons. The molecule has 0 atom stereocenters. The summed E-state index contributed by atoms with van der Waals surface area (Å²) in [6, 6.07) is 4.93. The fourth-order valence-corrected chi connectivity index (χ4v) is 5.88. The van der Waals surface area contributed by atoms with E-state index < -0.39 is 11.6 Å². The van der Waals surface area contributed by atoms with E-state index in [1.807, 2.05) is 6.07 Å². The van der Waals surface area contributed by atoms with Crippen molar-refractivity contribution in [3.8, 4) is 0 Å². The average Bonchev–Trinajstić information content (AvgIpc) is 2.67. The van der Waals surface area contributed by atoms with Crippen LogP contribution in [0.25, 0.3) is 0 Å². The van der Waals surface area contributed by atoms with E-state index in [2.05, 4.69) is 6.92 Å². The Kier molecular flexibility index (Phi) is 6.52. The Labute approximate surface area is 152 Å². The molecule has 3 rings (SSSR count). The Balaban J connectivity index is 2.09. The van der Waals surface area contributed by atoms with Crippen molar-refractivity contribution in [1.82, 2.24) is 0 Å². The molecule has 2 fully saturated rings. The Morgan fingerprint density at radius 2 is 1.44 bits per heavy atom. The molecule has 0 nitrogen and oxygen atoms in total. The number of halogens is 2. The van der Waals surface area contributed by atoms with Gasteiger partial charge in [0.25, 0.3) is 0 Å². The maximum Gasteiger partial charge on any atom is 0.162 e. The molecule has 0 saturated heterocycles.